The summed E-state index contributed by atoms with van der Waals surface area (Å²) in [5, 5.41) is 3.31. The fourth-order valence-electron chi connectivity index (χ4n) is 3.58. The van der Waals surface area contributed by atoms with Gasteiger partial charge in [-0.15, -0.1) is 0 Å². The number of hydrogen-bond acceptors (Lipinski definition) is 4. The van der Waals surface area contributed by atoms with E-state index < -0.39 is 21.6 Å². The molecular weight excluding hydrogens is 513 g/mol. The van der Waals surface area contributed by atoms with E-state index in [0.717, 1.165) is 0 Å². The van der Waals surface area contributed by atoms with E-state index >= 15 is 0 Å². The molecule has 3 rings (SSSR count). The molecule has 2 aromatic carbocycles. The van der Waals surface area contributed by atoms with E-state index in [2.05, 4.69) is 5.32 Å². The average Bonchev–Trinajstić information content (AvgIpc) is 2.78. The second-order valence-corrected chi connectivity index (χ2v) is 11.6. The van der Waals surface area contributed by atoms with Gasteiger partial charge in [-0.05, 0) is 37.1 Å². The first-order valence-corrected chi connectivity index (χ1v) is 13.9. The van der Waals surface area contributed by atoms with Gasteiger partial charge in [0.1, 0.15) is 11.6 Å². The van der Waals surface area contributed by atoms with E-state index in [1.54, 1.807) is 12.1 Å². The summed E-state index contributed by atoms with van der Waals surface area (Å²) in [6.07, 6.45) is 0.766. The summed E-state index contributed by atoms with van der Waals surface area (Å²) < 4.78 is 54.4. The molecule has 2 aromatic rings. The molecule has 1 saturated heterocycles. The molecule has 1 amide bonds. The quantitative estimate of drug-likeness (QED) is 0.464. The van der Waals surface area contributed by atoms with E-state index in [9.17, 15) is 22.0 Å². The molecular formula is C22H24Cl2F2N2O3S2. The largest absolute Gasteiger partial charge is 0.355 e. The van der Waals surface area contributed by atoms with Crippen molar-refractivity contribution in [1.29, 1.82) is 0 Å². The maximum atomic E-state index is 14.0. The van der Waals surface area contributed by atoms with Crippen LogP contribution in [-0.4, -0.2) is 44.0 Å². The molecule has 1 aliphatic heterocycles. The number of hydrogen-bond donors (Lipinski definition) is 1. The number of nitrogens with zero attached hydrogens (tertiary/aromatic N) is 1. The zero-order chi connectivity index (χ0) is 24.0. The zero-order valence-electron chi connectivity index (χ0n) is 17.7. The van der Waals surface area contributed by atoms with Crippen molar-refractivity contribution >= 4 is 50.9 Å². The van der Waals surface area contributed by atoms with Gasteiger partial charge in [0.25, 0.3) is 0 Å². The summed E-state index contributed by atoms with van der Waals surface area (Å²) in [6.45, 7) is 0.792. The molecule has 0 aromatic heterocycles. The Morgan fingerprint density at radius 1 is 1.03 bits per heavy atom. The maximum Gasteiger partial charge on any atom is 0.223 e. The first kappa shape index (κ1) is 26.2. The number of carbonyl (C=O) groups is 1. The van der Waals surface area contributed by atoms with Crippen molar-refractivity contribution in [2.75, 3.05) is 25.4 Å². The summed E-state index contributed by atoms with van der Waals surface area (Å²) >= 11 is 13.4. The minimum absolute atomic E-state index is 0.0480. The van der Waals surface area contributed by atoms with Gasteiger partial charge in [0.2, 0.25) is 15.9 Å². The molecule has 1 heterocycles. The molecule has 0 saturated carbocycles. The minimum Gasteiger partial charge on any atom is -0.355 e. The lowest BCUT2D eigenvalue weighted by Gasteiger charge is -2.30. The highest BCUT2D eigenvalue weighted by atomic mass is 35.5. The Hall–Kier alpha value is -1.39. The minimum atomic E-state index is -3.76. The molecule has 1 aliphatic rings. The van der Waals surface area contributed by atoms with Gasteiger partial charge < -0.3 is 5.32 Å². The Kier molecular flexibility index (Phi) is 9.41. The highest BCUT2D eigenvalue weighted by Gasteiger charge is 2.32. The molecule has 0 radical (unpaired) electrons. The van der Waals surface area contributed by atoms with Crippen molar-refractivity contribution in [1.82, 2.24) is 9.62 Å². The number of rotatable bonds is 9. The van der Waals surface area contributed by atoms with Gasteiger partial charge in [-0.3, -0.25) is 4.79 Å². The van der Waals surface area contributed by atoms with E-state index in [1.165, 1.54) is 40.3 Å². The van der Waals surface area contributed by atoms with Gasteiger partial charge in [0.05, 0.1) is 5.75 Å². The lowest BCUT2D eigenvalue weighted by molar-refractivity contribution is -0.125. The van der Waals surface area contributed by atoms with Crippen molar-refractivity contribution in [3.63, 3.8) is 0 Å². The van der Waals surface area contributed by atoms with Crippen molar-refractivity contribution in [2.45, 2.75) is 24.3 Å². The predicted molar refractivity (Wildman–Crippen MR) is 129 cm³/mol. The highest BCUT2D eigenvalue weighted by Crippen LogP contribution is 2.26. The number of halogens is 4. The van der Waals surface area contributed by atoms with Crippen LogP contribution in [0.3, 0.4) is 0 Å². The third kappa shape index (κ3) is 7.05. The maximum absolute atomic E-state index is 14.0. The molecule has 11 heteroatoms. The predicted octanol–water partition coefficient (Wildman–Crippen LogP) is 4.86. The zero-order valence-corrected chi connectivity index (χ0v) is 20.8. The monoisotopic (exact) mass is 536 g/mol. The van der Waals surface area contributed by atoms with Gasteiger partial charge in [-0.2, -0.15) is 11.8 Å². The lowest BCUT2D eigenvalue weighted by Crippen LogP contribution is -2.43. The molecule has 0 bridgehead atoms. The Bertz CT molecular complexity index is 1050. The SMILES string of the molecule is O=C(NCCSCc1c(F)cccc1Cl)C1CCN(S(=O)(=O)Cc2c(F)cccc2Cl)CC1. The molecule has 1 fully saturated rings. The number of piperidine rings is 1. The highest BCUT2D eigenvalue weighted by molar-refractivity contribution is 7.98. The van der Waals surface area contributed by atoms with Gasteiger partial charge in [-0.1, -0.05) is 35.3 Å². The Morgan fingerprint density at radius 2 is 1.61 bits per heavy atom. The second-order valence-electron chi connectivity index (χ2n) is 7.67. The first-order chi connectivity index (χ1) is 15.7. The average molecular weight is 537 g/mol. The van der Waals surface area contributed by atoms with Gasteiger partial charge in [-0.25, -0.2) is 21.5 Å². The normalized spacial score (nSPS) is 15.5. The van der Waals surface area contributed by atoms with Crippen LogP contribution >= 0.6 is 35.0 Å². The molecule has 180 valence electrons. The van der Waals surface area contributed by atoms with Crippen molar-refractivity contribution in [3.05, 3.63) is 69.2 Å². The number of thioether (sulfide) groups is 1. The lowest BCUT2D eigenvalue weighted by atomic mass is 9.97. The van der Waals surface area contributed by atoms with Crippen LogP contribution in [-0.2, 0) is 26.3 Å². The Labute approximate surface area is 206 Å². The smallest absolute Gasteiger partial charge is 0.223 e. The van der Waals surface area contributed by atoms with E-state index in [1.807, 2.05) is 0 Å². The second kappa shape index (κ2) is 11.8. The molecule has 1 N–H and O–H groups in total. The molecule has 0 atom stereocenters. The first-order valence-electron chi connectivity index (χ1n) is 10.4. The molecule has 5 nitrogen and oxygen atoms in total. The van der Waals surface area contributed by atoms with Gasteiger partial charge >= 0.3 is 0 Å². The van der Waals surface area contributed by atoms with Crippen LogP contribution in [0.2, 0.25) is 10.0 Å². The number of amides is 1. The van der Waals surface area contributed by atoms with Crippen LogP contribution in [0.4, 0.5) is 8.78 Å². The molecule has 33 heavy (non-hydrogen) atoms. The summed E-state index contributed by atoms with van der Waals surface area (Å²) in [7, 11) is -3.76. The molecule has 0 unspecified atom stereocenters. The summed E-state index contributed by atoms with van der Waals surface area (Å²) in [5.41, 5.74) is 0.397. The van der Waals surface area contributed by atoms with Gasteiger partial charge in [0, 0.05) is 58.2 Å². The fraction of sp³-hybridized carbons (Fsp3) is 0.409. The van der Waals surface area contributed by atoms with Crippen LogP contribution in [0, 0.1) is 17.6 Å². The summed E-state index contributed by atoms with van der Waals surface area (Å²) in [5.74, 6) is -0.948. The van der Waals surface area contributed by atoms with Crippen molar-refractivity contribution in [3.8, 4) is 0 Å². The van der Waals surface area contributed by atoms with Crippen LogP contribution in [0.25, 0.3) is 0 Å². The Morgan fingerprint density at radius 3 is 2.18 bits per heavy atom. The molecule has 0 aliphatic carbocycles. The number of carbonyl (C=O) groups excluding carboxylic acids is 1. The topological polar surface area (TPSA) is 66.5 Å². The van der Waals surface area contributed by atoms with Crippen LogP contribution in [0.15, 0.2) is 36.4 Å². The third-order valence-electron chi connectivity index (χ3n) is 5.46. The van der Waals surface area contributed by atoms with Crippen LogP contribution in [0.5, 0.6) is 0 Å². The third-order valence-corrected chi connectivity index (χ3v) is 8.96. The van der Waals surface area contributed by atoms with E-state index in [4.69, 9.17) is 23.2 Å². The van der Waals surface area contributed by atoms with Crippen molar-refractivity contribution < 1.29 is 22.0 Å². The van der Waals surface area contributed by atoms with Crippen LogP contribution < -0.4 is 5.32 Å². The molecule has 0 spiro atoms. The van der Waals surface area contributed by atoms with Gasteiger partial charge in [0.15, 0.2) is 0 Å². The van der Waals surface area contributed by atoms with E-state index in [-0.39, 0.29) is 41.3 Å². The summed E-state index contributed by atoms with van der Waals surface area (Å²) in [4.78, 5) is 12.4. The number of benzene rings is 2. The van der Waals surface area contributed by atoms with Crippen LogP contribution in [0.1, 0.15) is 24.0 Å². The van der Waals surface area contributed by atoms with Crippen molar-refractivity contribution in [2.24, 2.45) is 5.92 Å². The number of sulfonamides is 1. The fourth-order valence-corrected chi connectivity index (χ4v) is 6.69. The summed E-state index contributed by atoms with van der Waals surface area (Å²) in [6, 6.07) is 8.61. The standard InChI is InChI=1S/C22H24Cl2F2N2O3S2/c23-18-3-1-5-20(25)16(18)13-32-12-9-27-22(29)15-7-10-28(11-8-15)33(30,31)14-17-19(24)4-2-6-21(17)26/h1-6,15H,7-14H2,(H,27,29). The number of nitrogens with one attached hydrogen (secondary N) is 1. The Balaban J connectivity index is 1.41. The van der Waals surface area contributed by atoms with E-state index in [0.29, 0.717) is 41.5 Å².